The van der Waals surface area contributed by atoms with Gasteiger partial charge < -0.3 is 4.74 Å². The number of halogens is 2. The first kappa shape index (κ1) is 14.0. The minimum Gasteiger partial charge on any atom is -0.493 e. The van der Waals surface area contributed by atoms with Crippen molar-refractivity contribution >= 4 is 15.9 Å². The maximum absolute atomic E-state index is 13.3. The van der Waals surface area contributed by atoms with Gasteiger partial charge in [0.25, 0.3) is 0 Å². The van der Waals surface area contributed by atoms with Crippen LogP contribution >= 0.6 is 15.9 Å². The van der Waals surface area contributed by atoms with E-state index in [-0.39, 0.29) is 5.56 Å². The lowest BCUT2D eigenvalue weighted by Crippen LogP contribution is -2.19. The van der Waals surface area contributed by atoms with Crippen LogP contribution in [0.25, 0.3) is 0 Å². The van der Waals surface area contributed by atoms with Crippen LogP contribution in [0, 0.1) is 29.0 Å². The van der Waals surface area contributed by atoms with Crippen molar-refractivity contribution in [1.29, 1.82) is 5.26 Å². The molecule has 0 bridgehead atoms. The van der Waals surface area contributed by atoms with Crippen LogP contribution in [-0.4, -0.2) is 11.9 Å². The maximum atomic E-state index is 13.3. The second kappa shape index (κ2) is 6.61. The third kappa shape index (κ3) is 4.01. The number of hydrogen-bond donors (Lipinski definition) is 0. The van der Waals surface area contributed by atoms with Crippen molar-refractivity contribution in [3.63, 3.8) is 0 Å². The summed E-state index contributed by atoms with van der Waals surface area (Å²) >= 11 is 3.43. The van der Waals surface area contributed by atoms with Crippen molar-refractivity contribution in [3.8, 4) is 11.8 Å². The quantitative estimate of drug-likeness (QED) is 0.776. The Morgan fingerprint density at radius 1 is 1.47 bits per heavy atom. The van der Waals surface area contributed by atoms with Gasteiger partial charge in [-0.1, -0.05) is 29.8 Å². The molecule has 1 aromatic carbocycles. The van der Waals surface area contributed by atoms with E-state index in [9.17, 15) is 4.39 Å². The maximum Gasteiger partial charge on any atom is 0.144 e. The first-order valence-corrected chi connectivity index (χ1v) is 6.59. The van der Waals surface area contributed by atoms with E-state index in [1.165, 1.54) is 12.1 Å². The minimum atomic E-state index is -0.537. The van der Waals surface area contributed by atoms with Gasteiger partial charge in [0.1, 0.15) is 17.6 Å². The van der Waals surface area contributed by atoms with Gasteiger partial charge in [0.2, 0.25) is 0 Å². The van der Waals surface area contributed by atoms with E-state index in [4.69, 9.17) is 10.00 Å². The van der Waals surface area contributed by atoms with Crippen molar-refractivity contribution in [2.75, 3.05) is 11.9 Å². The van der Waals surface area contributed by atoms with Gasteiger partial charge in [0, 0.05) is 17.3 Å². The Balaban J connectivity index is 2.64. The molecule has 1 rings (SSSR count). The Morgan fingerprint density at radius 2 is 2.18 bits per heavy atom. The van der Waals surface area contributed by atoms with Gasteiger partial charge in [-0.2, -0.15) is 5.26 Å². The fraction of sp³-hybridized carbons (Fsp3) is 0.462. The van der Waals surface area contributed by atoms with E-state index in [1.54, 1.807) is 12.1 Å². The highest BCUT2D eigenvalue weighted by atomic mass is 79.9. The normalized spacial score (nSPS) is 12.2. The number of nitrogens with zero attached hydrogens (tertiary/aromatic N) is 1. The number of hydrogen-bond acceptors (Lipinski definition) is 2. The molecule has 1 unspecified atom stereocenters. The summed E-state index contributed by atoms with van der Waals surface area (Å²) in [4.78, 5) is 0. The van der Waals surface area contributed by atoms with Gasteiger partial charge in [0.15, 0.2) is 0 Å². The van der Waals surface area contributed by atoms with Crippen molar-refractivity contribution in [2.45, 2.75) is 13.8 Å². The van der Waals surface area contributed by atoms with Crippen molar-refractivity contribution in [1.82, 2.24) is 0 Å². The van der Waals surface area contributed by atoms with E-state index in [2.05, 4.69) is 29.8 Å². The Morgan fingerprint density at radius 3 is 2.65 bits per heavy atom. The monoisotopic (exact) mass is 299 g/mol. The van der Waals surface area contributed by atoms with E-state index in [0.717, 1.165) is 5.33 Å². The molecule has 0 aliphatic carbocycles. The summed E-state index contributed by atoms with van der Waals surface area (Å²) in [6, 6.07) is 6.08. The highest BCUT2D eigenvalue weighted by Crippen LogP contribution is 2.19. The summed E-state index contributed by atoms with van der Waals surface area (Å²) in [5.74, 6) is 0.810. The molecule has 2 nitrogen and oxygen atoms in total. The molecule has 0 amide bonds. The molecule has 0 saturated carbocycles. The molecule has 0 radical (unpaired) electrons. The summed E-state index contributed by atoms with van der Waals surface area (Å²) in [6.45, 7) is 4.78. The van der Waals surface area contributed by atoms with Gasteiger partial charge in [-0.05, 0) is 18.1 Å². The van der Waals surface area contributed by atoms with E-state index in [0.29, 0.717) is 24.2 Å². The average Bonchev–Trinajstić information content (AvgIpc) is 2.29. The van der Waals surface area contributed by atoms with Crippen LogP contribution in [0.5, 0.6) is 5.75 Å². The molecule has 17 heavy (non-hydrogen) atoms. The Labute approximate surface area is 110 Å². The summed E-state index contributed by atoms with van der Waals surface area (Å²) < 4.78 is 18.8. The number of benzene rings is 1. The van der Waals surface area contributed by atoms with Crippen LogP contribution in [0.4, 0.5) is 4.39 Å². The van der Waals surface area contributed by atoms with Crippen LogP contribution in [0.1, 0.15) is 19.4 Å². The molecule has 0 spiro atoms. The van der Waals surface area contributed by atoms with E-state index in [1.807, 2.05) is 0 Å². The average molecular weight is 300 g/mol. The second-order valence-corrected chi connectivity index (χ2v) is 4.87. The topological polar surface area (TPSA) is 33.0 Å². The molecule has 1 atom stereocenters. The minimum absolute atomic E-state index is 0.0400. The highest BCUT2D eigenvalue weighted by Gasteiger charge is 2.13. The number of ether oxygens (including phenoxy) is 1. The van der Waals surface area contributed by atoms with Gasteiger partial charge in [-0.25, -0.2) is 4.39 Å². The molecular formula is C13H15BrFNO. The second-order valence-electron chi connectivity index (χ2n) is 4.22. The van der Waals surface area contributed by atoms with Crippen molar-refractivity contribution < 1.29 is 9.13 Å². The lowest BCUT2D eigenvalue weighted by atomic mass is 9.99. The van der Waals surface area contributed by atoms with Gasteiger partial charge >= 0.3 is 0 Å². The molecule has 0 aromatic heterocycles. The smallest absolute Gasteiger partial charge is 0.144 e. The van der Waals surface area contributed by atoms with Crippen LogP contribution in [0.2, 0.25) is 0 Å². The van der Waals surface area contributed by atoms with Crippen LogP contribution < -0.4 is 4.74 Å². The lowest BCUT2D eigenvalue weighted by Gasteiger charge is -2.18. The van der Waals surface area contributed by atoms with Crippen LogP contribution in [-0.2, 0) is 0 Å². The van der Waals surface area contributed by atoms with Gasteiger partial charge in [-0.3, -0.25) is 0 Å². The zero-order valence-corrected chi connectivity index (χ0v) is 11.5. The first-order chi connectivity index (χ1) is 8.08. The zero-order chi connectivity index (χ0) is 12.8. The third-order valence-electron chi connectivity index (χ3n) is 2.67. The van der Waals surface area contributed by atoms with Crippen LogP contribution in [0.3, 0.4) is 0 Å². The summed E-state index contributed by atoms with van der Waals surface area (Å²) in [6.07, 6.45) is 0. The molecule has 4 heteroatoms. The van der Waals surface area contributed by atoms with Crippen LogP contribution in [0.15, 0.2) is 18.2 Å². The first-order valence-electron chi connectivity index (χ1n) is 5.47. The molecular weight excluding hydrogens is 285 g/mol. The fourth-order valence-electron chi connectivity index (χ4n) is 1.29. The van der Waals surface area contributed by atoms with Crippen molar-refractivity contribution in [2.24, 2.45) is 11.8 Å². The molecule has 92 valence electrons. The van der Waals surface area contributed by atoms with Gasteiger partial charge in [0.05, 0.1) is 12.2 Å². The standard InChI is InChI=1S/C13H15BrFNO/c1-9(2)11(6-14)8-17-12-4-3-10(7-16)13(15)5-12/h3-5,9,11H,6,8H2,1-2H3. The number of rotatable bonds is 5. The summed E-state index contributed by atoms with van der Waals surface area (Å²) in [5, 5.41) is 9.45. The molecule has 0 heterocycles. The predicted molar refractivity (Wildman–Crippen MR) is 68.7 cm³/mol. The Kier molecular flexibility index (Phi) is 5.43. The summed E-state index contributed by atoms with van der Waals surface area (Å²) in [5.41, 5.74) is 0.0400. The largest absolute Gasteiger partial charge is 0.493 e. The molecule has 0 saturated heterocycles. The third-order valence-corrected chi connectivity index (χ3v) is 3.50. The molecule has 0 fully saturated rings. The fourth-order valence-corrected chi connectivity index (χ4v) is 2.23. The molecule has 0 aliphatic rings. The number of alkyl halides is 1. The highest BCUT2D eigenvalue weighted by molar-refractivity contribution is 9.09. The lowest BCUT2D eigenvalue weighted by molar-refractivity contribution is 0.227. The Bertz CT molecular complexity index is 414. The zero-order valence-electron chi connectivity index (χ0n) is 9.91. The van der Waals surface area contributed by atoms with Gasteiger partial charge in [-0.15, -0.1) is 0 Å². The van der Waals surface area contributed by atoms with Crippen molar-refractivity contribution in [3.05, 3.63) is 29.6 Å². The Hall–Kier alpha value is -1.08. The predicted octanol–water partition coefficient (Wildman–Crippen LogP) is 3.74. The number of nitriles is 1. The molecule has 0 N–H and O–H groups in total. The molecule has 1 aromatic rings. The SMILES string of the molecule is CC(C)C(CBr)COc1ccc(C#N)c(F)c1. The summed E-state index contributed by atoms with van der Waals surface area (Å²) in [7, 11) is 0. The van der Waals surface area contributed by atoms with E-state index >= 15 is 0 Å². The van der Waals surface area contributed by atoms with E-state index < -0.39 is 5.82 Å². The molecule has 0 aliphatic heterocycles.